The van der Waals surface area contributed by atoms with Crippen molar-refractivity contribution in [2.75, 3.05) is 13.2 Å². The highest BCUT2D eigenvalue weighted by Crippen LogP contribution is 2.36. The lowest BCUT2D eigenvalue weighted by molar-refractivity contribution is -0.120. The lowest BCUT2D eigenvalue weighted by Crippen LogP contribution is -2.30. The van der Waals surface area contributed by atoms with Crippen molar-refractivity contribution in [2.45, 2.75) is 10.1 Å². The molecule has 1 amide bonds. The molecule has 22 heavy (non-hydrogen) atoms. The minimum absolute atomic E-state index is 0.0209. The number of carbonyl (C=O) groups excluding carboxylic acids is 1. The van der Waals surface area contributed by atoms with Gasteiger partial charge in [-0.3, -0.25) is 4.79 Å². The number of aliphatic hydroxyl groups is 1. The summed E-state index contributed by atoms with van der Waals surface area (Å²) in [5.41, 5.74) is 0.823. The monoisotopic (exact) mass is 339 g/mol. The van der Waals surface area contributed by atoms with Gasteiger partial charge in [-0.25, -0.2) is 4.39 Å². The number of halogens is 2. The molecular formula is C16H15ClFNO2S. The van der Waals surface area contributed by atoms with Gasteiger partial charge >= 0.3 is 0 Å². The molecule has 6 heteroatoms. The minimum Gasteiger partial charge on any atom is -0.395 e. The van der Waals surface area contributed by atoms with E-state index < -0.39 is 11.1 Å². The van der Waals surface area contributed by atoms with Crippen molar-refractivity contribution >= 4 is 29.3 Å². The van der Waals surface area contributed by atoms with Crippen molar-refractivity contribution < 1.29 is 14.3 Å². The van der Waals surface area contributed by atoms with Crippen LogP contribution in [0.4, 0.5) is 4.39 Å². The summed E-state index contributed by atoms with van der Waals surface area (Å²) < 4.78 is 13.2. The molecule has 3 nitrogen and oxygen atoms in total. The van der Waals surface area contributed by atoms with E-state index in [0.717, 1.165) is 5.56 Å². The Morgan fingerprint density at radius 2 is 2.00 bits per heavy atom. The van der Waals surface area contributed by atoms with E-state index >= 15 is 0 Å². The van der Waals surface area contributed by atoms with E-state index in [1.165, 1.54) is 23.9 Å². The van der Waals surface area contributed by atoms with Crippen LogP contribution in [0, 0.1) is 5.82 Å². The zero-order valence-electron chi connectivity index (χ0n) is 11.6. The van der Waals surface area contributed by atoms with Gasteiger partial charge in [0.15, 0.2) is 0 Å². The SMILES string of the molecule is O=C(NCCO)C(Sc1ccc(F)c(Cl)c1)c1ccccc1. The second kappa shape index (κ2) is 8.17. The summed E-state index contributed by atoms with van der Waals surface area (Å²) in [5.74, 6) is -0.710. The number of amides is 1. The highest BCUT2D eigenvalue weighted by atomic mass is 35.5. The van der Waals surface area contributed by atoms with E-state index in [4.69, 9.17) is 16.7 Å². The Morgan fingerprint density at radius 1 is 1.27 bits per heavy atom. The average molecular weight is 340 g/mol. The van der Waals surface area contributed by atoms with Crippen LogP contribution in [-0.2, 0) is 4.79 Å². The Balaban J connectivity index is 2.24. The van der Waals surface area contributed by atoms with E-state index in [0.29, 0.717) is 4.90 Å². The third kappa shape index (κ3) is 4.47. The van der Waals surface area contributed by atoms with Gasteiger partial charge in [-0.15, -0.1) is 11.8 Å². The molecule has 116 valence electrons. The Kier molecular flexibility index (Phi) is 6.24. The zero-order valence-corrected chi connectivity index (χ0v) is 13.2. The quantitative estimate of drug-likeness (QED) is 0.793. The van der Waals surface area contributed by atoms with Crippen LogP contribution in [-0.4, -0.2) is 24.2 Å². The van der Waals surface area contributed by atoms with Crippen LogP contribution in [0.2, 0.25) is 5.02 Å². The normalized spacial score (nSPS) is 12.0. The van der Waals surface area contributed by atoms with Crippen molar-refractivity contribution in [2.24, 2.45) is 0 Å². The number of aliphatic hydroxyl groups excluding tert-OH is 1. The number of thioether (sulfide) groups is 1. The van der Waals surface area contributed by atoms with Gasteiger partial charge in [0.1, 0.15) is 11.1 Å². The van der Waals surface area contributed by atoms with Gasteiger partial charge in [0.2, 0.25) is 5.91 Å². The summed E-state index contributed by atoms with van der Waals surface area (Å²) in [6.45, 7) is 0.0627. The Bertz CT molecular complexity index is 639. The molecule has 0 fully saturated rings. The maximum Gasteiger partial charge on any atom is 0.238 e. The molecule has 1 atom stereocenters. The Hall–Kier alpha value is -1.56. The summed E-state index contributed by atoms with van der Waals surface area (Å²) >= 11 is 7.06. The van der Waals surface area contributed by atoms with Crippen LogP contribution in [0.5, 0.6) is 0 Å². The molecule has 0 aliphatic rings. The first-order valence-corrected chi connectivity index (χ1v) is 7.93. The Labute approximate surface area is 137 Å². The van der Waals surface area contributed by atoms with Crippen molar-refractivity contribution in [3.05, 3.63) is 64.9 Å². The number of nitrogens with one attached hydrogen (secondary N) is 1. The van der Waals surface area contributed by atoms with Crippen LogP contribution in [0.3, 0.4) is 0 Å². The van der Waals surface area contributed by atoms with Gasteiger partial charge in [-0.05, 0) is 23.8 Å². The van der Waals surface area contributed by atoms with E-state index in [9.17, 15) is 9.18 Å². The van der Waals surface area contributed by atoms with Crippen LogP contribution in [0.15, 0.2) is 53.4 Å². The number of hydrogen-bond donors (Lipinski definition) is 2. The van der Waals surface area contributed by atoms with Crippen molar-refractivity contribution in [1.82, 2.24) is 5.32 Å². The van der Waals surface area contributed by atoms with Crippen molar-refractivity contribution in [3.63, 3.8) is 0 Å². The first-order chi connectivity index (χ1) is 10.6. The molecule has 0 aliphatic heterocycles. The van der Waals surface area contributed by atoms with Crippen molar-refractivity contribution in [3.8, 4) is 0 Å². The number of hydrogen-bond acceptors (Lipinski definition) is 3. The van der Waals surface area contributed by atoms with E-state index in [-0.39, 0.29) is 24.1 Å². The molecule has 0 aromatic heterocycles. The van der Waals surface area contributed by atoms with Gasteiger partial charge in [0.25, 0.3) is 0 Å². The maximum absolute atomic E-state index is 13.2. The predicted molar refractivity (Wildman–Crippen MR) is 86.5 cm³/mol. The fraction of sp³-hybridized carbons (Fsp3) is 0.188. The first kappa shape index (κ1) is 16.8. The molecule has 2 aromatic rings. The predicted octanol–water partition coefficient (Wildman–Crippen LogP) is 3.42. The third-order valence-corrected chi connectivity index (χ3v) is 4.43. The lowest BCUT2D eigenvalue weighted by Gasteiger charge is -2.17. The molecule has 2 rings (SSSR count). The first-order valence-electron chi connectivity index (χ1n) is 6.67. The Morgan fingerprint density at radius 3 is 2.64 bits per heavy atom. The van der Waals surface area contributed by atoms with Gasteiger partial charge in [0.05, 0.1) is 11.6 Å². The smallest absolute Gasteiger partial charge is 0.238 e. The van der Waals surface area contributed by atoms with Crippen LogP contribution in [0.1, 0.15) is 10.8 Å². The average Bonchev–Trinajstić information content (AvgIpc) is 2.54. The molecule has 0 spiro atoms. The number of benzene rings is 2. The van der Waals surface area contributed by atoms with Gasteiger partial charge in [-0.1, -0.05) is 41.9 Å². The topological polar surface area (TPSA) is 49.3 Å². The molecule has 2 aromatic carbocycles. The van der Waals surface area contributed by atoms with Gasteiger partial charge in [0, 0.05) is 11.4 Å². The molecular weight excluding hydrogens is 325 g/mol. The summed E-state index contributed by atoms with van der Waals surface area (Å²) in [6.07, 6.45) is 0. The third-order valence-electron chi connectivity index (χ3n) is 2.90. The highest BCUT2D eigenvalue weighted by Gasteiger charge is 2.21. The summed E-state index contributed by atoms with van der Waals surface area (Å²) in [6, 6.07) is 13.6. The molecule has 0 heterocycles. The molecule has 2 N–H and O–H groups in total. The molecule has 0 saturated heterocycles. The van der Waals surface area contributed by atoms with Crippen LogP contribution < -0.4 is 5.32 Å². The van der Waals surface area contributed by atoms with E-state index in [1.807, 2.05) is 30.3 Å². The second-order valence-electron chi connectivity index (χ2n) is 4.50. The molecule has 1 unspecified atom stereocenters. The summed E-state index contributed by atoms with van der Waals surface area (Å²) in [7, 11) is 0. The molecule has 0 bridgehead atoms. The minimum atomic E-state index is -0.505. The van der Waals surface area contributed by atoms with E-state index in [1.54, 1.807) is 6.07 Å². The van der Waals surface area contributed by atoms with Crippen LogP contribution in [0.25, 0.3) is 0 Å². The standard InChI is InChI=1S/C16H15ClFNO2S/c17-13-10-12(6-7-14(13)18)22-15(16(21)19-8-9-20)11-4-2-1-3-5-11/h1-7,10,15,20H,8-9H2,(H,19,21). The van der Waals surface area contributed by atoms with Gasteiger partial charge in [-0.2, -0.15) is 0 Å². The molecule has 0 radical (unpaired) electrons. The summed E-state index contributed by atoms with van der Waals surface area (Å²) in [4.78, 5) is 13.0. The number of rotatable bonds is 6. The maximum atomic E-state index is 13.2. The molecule has 0 aliphatic carbocycles. The van der Waals surface area contributed by atoms with Crippen molar-refractivity contribution in [1.29, 1.82) is 0 Å². The zero-order chi connectivity index (χ0) is 15.9. The fourth-order valence-corrected chi connectivity index (χ4v) is 3.19. The van der Waals surface area contributed by atoms with E-state index in [2.05, 4.69) is 5.32 Å². The summed E-state index contributed by atoms with van der Waals surface area (Å²) in [5, 5.41) is 11.0. The molecule has 0 saturated carbocycles. The lowest BCUT2D eigenvalue weighted by atomic mass is 10.1. The highest BCUT2D eigenvalue weighted by molar-refractivity contribution is 8.00. The van der Waals surface area contributed by atoms with Gasteiger partial charge < -0.3 is 10.4 Å². The van der Waals surface area contributed by atoms with Crippen LogP contribution >= 0.6 is 23.4 Å². The second-order valence-corrected chi connectivity index (χ2v) is 6.08. The number of carbonyl (C=O) groups is 1. The largest absolute Gasteiger partial charge is 0.395 e. The fourth-order valence-electron chi connectivity index (χ4n) is 1.86.